The Bertz CT molecular complexity index is 915. The van der Waals surface area contributed by atoms with Crippen LogP contribution in [0.1, 0.15) is 45.0 Å². The standard InChI is InChI=1S/C20H27N5O4/c1-12-10-24(11-13(2)25(12)19(27)29-20(3,4)5)17-14-7-8-22-23-16(14)15(9-21-17)18(26)28-6/h7-9,12-13H,10-11H2,1-6H3/t12-,13+. The predicted molar refractivity (Wildman–Crippen MR) is 108 cm³/mol. The summed E-state index contributed by atoms with van der Waals surface area (Å²) < 4.78 is 10.4. The van der Waals surface area contributed by atoms with Gasteiger partial charge < -0.3 is 14.4 Å². The van der Waals surface area contributed by atoms with Gasteiger partial charge in [-0.15, -0.1) is 5.10 Å². The number of aromatic nitrogens is 3. The van der Waals surface area contributed by atoms with Gasteiger partial charge in [0.1, 0.15) is 22.5 Å². The third-order valence-corrected chi connectivity index (χ3v) is 4.76. The number of ether oxygens (including phenoxy) is 2. The minimum absolute atomic E-state index is 0.0828. The van der Waals surface area contributed by atoms with Crippen molar-refractivity contribution in [2.24, 2.45) is 0 Å². The molecule has 29 heavy (non-hydrogen) atoms. The van der Waals surface area contributed by atoms with E-state index in [0.29, 0.717) is 29.8 Å². The van der Waals surface area contributed by atoms with Gasteiger partial charge >= 0.3 is 12.1 Å². The Morgan fingerprint density at radius 1 is 1.17 bits per heavy atom. The molecule has 0 bridgehead atoms. The molecule has 2 aromatic heterocycles. The molecule has 3 heterocycles. The molecule has 1 amide bonds. The molecule has 0 unspecified atom stereocenters. The van der Waals surface area contributed by atoms with Crippen molar-refractivity contribution in [3.8, 4) is 0 Å². The van der Waals surface area contributed by atoms with E-state index >= 15 is 0 Å². The Kier molecular flexibility index (Phi) is 5.59. The van der Waals surface area contributed by atoms with Gasteiger partial charge in [0, 0.05) is 24.7 Å². The maximum Gasteiger partial charge on any atom is 0.410 e. The highest BCUT2D eigenvalue weighted by Gasteiger charge is 2.36. The summed E-state index contributed by atoms with van der Waals surface area (Å²) in [5.74, 6) is 0.191. The van der Waals surface area contributed by atoms with Gasteiger partial charge in [0.15, 0.2) is 0 Å². The average molecular weight is 401 g/mol. The van der Waals surface area contributed by atoms with E-state index < -0.39 is 11.6 Å². The highest BCUT2D eigenvalue weighted by Crippen LogP contribution is 2.29. The van der Waals surface area contributed by atoms with Crippen molar-refractivity contribution in [2.45, 2.75) is 52.3 Å². The topological polar surface area (TPSA) is 97.8 Å². The second-order valence-electron chi connectivity index (χ2n) is 8.27. The molecule has 1 fully saturated rings. The third-order valence-electron chi connectivity index (χ3n) is 4.76. The largest absolute Gasteiger partial charge is 0.465 e. The molecule has 0 saturated carbocycles. The molecule has 2 atom stereocenters. The number of hydrogen-bond acceptors (Lipinski definition) is 8. The molecule has 0 aliphatic carbocycles. The fourth-order valence-electron chi connectivity index (χ4n) is 3.65. The van der Waals surface area contributed by atoms with E-state index in [0.717, 1.165) is 0 Å². The van der Waals surface area contributed by atoms with Gasteiger partial charge in [-0.2, -0.15) is 5.10 Å². The molecule has 0 spiro atoms. The fraction of sp³-hybridized carbons (Fsp3) is 0.550. The summed E-state index contributed by atoms with van der Waals surface area (Å²) >= 11 is 0. The number of amides is 1. The van der Waals surface area contributed by atoms with Crippen LogP contribution in [0.15, 0.2) is 18.5 Å². The van der Waals surface area contributed by atoms with Gasteiger partial charge in [-0.1, -0.05) is 0 Å². The second kappa shape index (κ2) is 7.81. The number of esters is 1. The van der Waals surface area contributed by atoms with E-state index in [2.05, 4.69) is 20.1 Å². The van der Waals surface area contributed by atoms with Gasteiger partial charge in [-0.05, 0) is 40.7 Å². The molecular formula is C20H27N5O4. The van der Waals surface area contributed by atoms with Crippen LogP contribution in [0.25, 0.3) is 10.9 Å². The Hall–Kier alpha value is -2.97. The molecule has 9 heteroatoms. The van der Waals surface area contributed by atoms with Crippen molar-refractivity contribution < 1.29 is 19.1 Å². The van der Waals surface area contributed by atoms with Crippen molar-refractivity contribution in [3.63, 3.8) is 0 Å². The molecule has 0 N–H and O–H groups in total. The monoisotopic (exact) mass is 401 g/mol. The van der Waals surface area contributed by atoms with Crippen LogP contribution in [0.4, 0.5) is 10.6 Å². The SMILES string of the molecule is COC(=O)c1cnc(N2C[C@@H](C)N(C(=O)OC(C)(C)C)[C@@H](C)C2)c2ccnnc12. The normalized spacial score (nSPS) is 19.9. The molecule has 0 aromatic carbocycles. The zero-order chi connectivity index (χ0) is 21.3. The summed E-state index contributed by atoms with van der Waals surface area (Å²) in [5, 5.41) is 8.74. The zero-order valence-electron chi connectivity index (χ0n) is 17.7. The molecule has 1 aliphatic rings. The Morgan fingerprint density at radius 3 is 2.41 bits per heavy atom. The summed E-state index contributed by atoms with van der Waals surface area (Å²) in [6, 6.07) is 1.62. The zero-order valence-corrected chi connectivity index (χ0v) is 17.7. The quantitative estimate of drug-likeness (QED) is 0.709. The first kappa shape index (κ1) is 20.8. The molecule has 156 valence electrons. The van der Waals surface area contributed by atoms with E-state index in [1.807, 2.05) is 34.6 Å². The molecule has 1 saturated heterocycles. The Morgan fingerprint density at radius 2 is 1.83 bits per heavy atom. The van der Waals surface area contributed by atoms with Crippen molar-refractivity contribution in [1.82, 2.24) is 20.1 Å². The summed E-state index contributed by atoms with van der Waals surface area (Å²) in [4.78, 5) is 33.1. The third kappa shape index (κ3) is 4.23. The van der Waals surface area contributed by atoms with Crippen LogP contribution >= 0.6 is 0 Å². The number of fused-ring (bicyclic) bond motifs is 1. The number of hydrogen-bond donors (Lipinski definition) is 0. The molecular weight excluding hydrogens is 374 g/mol. The molecule has 3 rings (SSSR count). The van der Waals surface area contributed by atoms with Crippen LogP contribution in [-0.2, 0) is 9.47 Å². The van der Waals surface area contributed by atoms with E-state index in [1.165, 1.54) is 13.3 Å². The Labute approximate surface area is 170 Å². The second-order valence-corrected chi connectivity index (χ2v) is 8.27. The summed E-state index contributed by atoms with van der Waals surface area (Å²) in [6.45, 7) is 10.7. The number of carbonyl (C=O) groups is 2. The lowest BCUT2D eigenvalue weighted by Crippen LogP contribution is -2.59. The van der Waals surface area contributed by atoms with Crippen molar-refractivity contribution in [2.75, 3.05) is 25.1 Å². The number of anilines is 1. The molecule has 9 nitrogen and oxygen atoms in total. The lowest BCUT2D eigenvalue weighted by molar-refractivity contribution is 0.00560. The molecule has 2 aromatic rings. The summed E-state index contributed by atoms with van der Waals surface area (Å²) in [6.07, 6.45) is 2.72. The van der Waals surface area contributed by atoms with Crippen LogP contribution in [0.5, 0.6) is 0 Å². The number of nitrogens with zero attached hydrogens (tertiary/aromatic N) is 5. The first-order valence-corrected chi connectivity index (χ1v) is 9.57. The lowest BCUT2D eigenvalue weighted by Gasteiger charge is -2.45. The fourth-order valence-corrected chi connectivity index (χ4v) is 3.65. The first-order valence-electron chi connectivity index (χ1n) is 9.57. The maximum absolute atomic E-state index is 12.6. The highest BCUT2D eigenvalue weighted by molar-refractivity contribution is 6.05. The van der Waals surface area contributed by atoms with Crippen LogP contribution in [-0.4, -0.2) is 70.0 Å². The van der Waals surface area contributed by atoms with Crippen molar-refractivity contribution in [1.29, 1.82) is 0 Å². The Balaban J connectivity index is 1.91. The van der Waals surface area contributed by atoms with Crippen LogP contribution < -0.4 is 4.90 Å². The minimum atomic E-state index is -0.548. The number of pyridine rings is 1. The maximum atomic E-state index is 12.6. The van der Waals surface area contributed by atoms with Gasteiger partial charge in [-0.25, -0.2) is 14.6 Å². The van der Waals surface area contributed by atoms with Crippen molar-refractivity contribution in [3.05, 3.63) is 24.0 Å². The van der Waals surface area contributed by atoms with Gasteiger partial charge in [0.25, 0.3) is 0 Å². The first-order chi connectivity index (χ1) is 13.6. The summed E-state index contributed by atoms with van der Waals surface area (Å²) in [5.41, 5.74) is 0.167. The number of rotatable bonds is 2. The van der Waals surface area contributed by atoms with Gasteiger partial charge in [-0.3, -0.25) is 4.90 Å². The van der Waals surface area contributed by atoms with Crippen LogP contribution in [0.3, 0.4) is 0 Å². The van der Waals surface area contributed by atoms with E-state index in [4.69, 9.17) is 9.47 Å². The highest BCUT2D eigenvalue weighted by atomic mass is 16.6. The van der Waals surface area contributed by atoms with Gasteiger partial charge in [0.05, 0.1) is 25.4 Å². The lowest BCUT2D eigenvalue weighted by atomic mass is 10.1. The van der Waals surface area contributed by atoms with E-state index in [9.17, 15) is 9.59 Å². The average Bonchev–Trinajstić information content (AvgIpc) is 2.64. The van der Waals surface area contributed by atoms with Gasteiger partial charge in [0.2, 0.25) is 0 Å². The summed E-state index contributed by atoms with van der Waals surface area (Å²) in [7, 11) is 1.32. The molecule has 0 radical (unpaired) electrons. The predicted octanol–water partition coefficient (Wildman–Crippen LogP) is 2.65. The smallest absolute Gasteiger partial charge is 0.410 e. The van der Waals surface area contributed by atoms with E-state index in [-0.39, 0.29) is 23.7 Å². The van der Waals surface area contributed by atoms with Crippen LogP contribution in [0.2, 0.25) is 0 Å². The minimum Gasteiger partial charge on any atom is -0.465 e. The number of carbonyl (C=O) groups excluding carboxylic acids is 2. The number of piperazine rings is 1. The van der Waals surface area contributed by atoms with Crippen molar-refractivity contribution >= 4 is 28.8 Å². The molecule has 1 aliphatic heterocycles. The van der Waals surface area contributed by atoms with Crippen LogP contribution in [0, 0.1) is 0 Å². The number of methoxy groups -OCH3 is 1. The van der Waals surface area contributed by atoms with E-state index in [1.54, 1.807) is 17.2 Å².